The van der Waals surface area contributed by atoms with Crippen LogP contribution in [0.15, 0.2) is 22.7 Å². The minimum absolute atomic E-state index is 0.238. The van der Waals surface area contributed by atoms with Crippen molar-refractivity contribution >= 4 is 32.4 Å². The molecule has 0 saturated carbocycles. The molecule has 0 aliphatic carbocycles. The van der Waals surface area contributed by atoms with Gasteiger partial charge in [0.05, 0.1) is 0 Å². The van der Waals surface area contributed by atoms with Gasteiger partial charge in [-0.2, -0.15) is 0 Å². The predicted molar refractivity (Wildman–Crippen MR) is 79.9 cm³/mol. The van der Waals surface area contributed by atoms with Crippen molar-refractivity contribution in [2.24, 2.45) is 5.92 Å². The molecule has 0 aliphatic rings. The van der Waals surface area contributed by atoms with E-state index in [0.29, 0.717) is 12.5 Å². The van der Waals surface area contributed by atoms with E-state index < -0.39 is 0 Å². The number of halogens is 2. The van der Waals surface area contributed by atoms with Crippen molar-refractivity contribution in [2.75, 3.05) is 5.32 Å². The molecule has 0 atom stereocenters. The van der Waals surface area contributed by atoms with E-state index in [2.05, 4.69) is 45.3 Å². The van der Waals surface area contributed by atoms with Gasteiger partial charge in [0, 0.05) is 17.4 Å². The summed E-state index contributed by atoms with van der Waals surface area (Å²) < 4.78 is 14.0. The molecule has 0 radical (unpaired) electrons. The van der Waals surface area contributed by atoms with Crippen molar-refractivity contribution in [3.63, 3.8) is 0 Å². The Hall–Kier alpha value is -1.01. The maximum Gasteiger partial charge on any atom is 0.205 e. The van der Waals surface area contributed by atoms with Crippen LogP contribution in [-0.2, 0) is 13.0 Å². The van der Waals surface area contributed by atoms with Crippen molar-refractivity contribution in [2.45, 2.75) is 26.8 Å². The fraction of sp³-hybridized carbons (Fsp3) is 0.385. The van der Waals surface area contributed by atoms with Crippen LogP contribution >= 0.6 is 27.3 Å². The number of benzene rings is 1. The van der Waals surface area contributed by atoms with Crippen molar-refractivity contribution in [1.82, 2.24) is 10.2 Å². The third kappa shape index (κ3) is 4.24. The summed E-state index contributed by atoms with van der Waals surface area (Å²) in [5.41, 5.74) is 0.862. The Morgan fingerprint density at radius 1 is 1.37 bits per heavy atom. The molecule has 2 rings (SSSR count). The molecule has 1 aromatic carbocycles. The van der Waals surface area contributed by atoms with Crippen molar-refractivity contribution < 1.29 is 4.39 Å². The van der Waals surface area contributed by atoms with Crippen LogP contribution in [-0.4, -0.2) is 10.2 Å². The summed E-state index contributed by atoms with van der Waals surface area (Å²) in [6, 6.07) is 4.64. The minimum Gasteiger partial charge on any atom is -0.356 e. The number of anilines is 1. The molecule has 0 spiro atoms. The van der Waals surface area contributed by atoms with Gasteiger partial charge in [0.2, 0.25) is 5.13 Å². The highest BCUT2D eigenvalue weighted by molar-refractivity contribution is 9.10. The van der Waals surface area contributed by atoms with Gasteiger partial charge in [-0.3, -0.25) is 0 Å². The lowest BCUT2D eigenvalue weighted by Gasteiger charge is -2.05. The van der Waals surface area contributed by atoms with Gasteiger partial charge in [-0.15, -0.1) is 10.2 Å². The summed E-state index contributed by atoms with van der Waals surface area (Å²) in [5, 5.41) is 13.2. The fourth-order valence-corrected chi connectivity index (χ4v) is 2.94. The van der Waals surface area contributed by atoms with Crippen LogP contribution in [0.1, 0.15) is 24.4 Å². The Kier molecular flexibility index (Phi) is 4.87. The van der Waals surface area contributed by atoms with Gasteiger partial charge in [0.15, 0.2) is 0 Å². The van der Waals surface area contributed by atoms with Crippen LogP contribution in [0.4, 0.5) is 9.52 Å². The molecule has 0 fully saturated rings. The van der Waals surface area contributed by atoms with Crippen molar-refractivity contribution in [3.8, 4) is 0 Å². The fourth-order valence-electron chi connectivity index (χ4n) is 1.61. The molecule has 1 aromatic heterocycles. The van der Waals surface area contributed by atoms with Crippen LogP contribution in [0.25, 0.3) is 0 Å². The van der Waals surface area contributed by atoms with E-state index in [1.165, 1.54) is 12.1 Å². The number of nitrogens with zero attached hydrogens (tertiary/aromatic N) is 2. The third-order valence-corrected chi connectivity index (χ3v) is 4.16. The first-order chi connectivity index (χ1) is 9.04. The highest BCUT2D eigenvalue weighted by Crippen LogP contribution is 2.22. The first-order valence-corrected chi connectivity index (χ1v) is 7.65. The Balaban J connectivity index is 1.98. The molecule has 19 heavy (non-hydrogen) atoms. The van der Waals surface area contributed by atoms with Crippen LogP contribution < -0.4 is 5.32 Å². The lowest BCUT2D eigenvalue weighted by Crippen LogP contribution is -2.00. The second-order valence-electron chi connectivity index (χ2n) is 4.69. The van der Waals surface area contributed by atoms with Gasteiger partial charge in [0.25, 0.3) is 0 Å². The zero-order valence-electron chi connectivity index (χ0n) is 10.8. The number of nitrogens with one attached hydrogen (secondary N) is 1. The SMILES string of the molecule is CC(C)Cc1nnc(NCc2cc(F)ccc2Br)s1. The van der Waals surface area contributed by atoms with Gasteiger partial charge in [-0.25, -0.2) is 4.39 Å². The topological polar surface area (TPSA) is 37.8 Å². The van der Waals surface area contributed by atoms with Crippen molar-refractivity contribution in [3.05, 3.63) is 39.1 Å². The van der Waals surface area contributed by atoms with Crippen LogP contribution in [0.3, 0.4) is 0 Å². The van der Waals surface area contributed by atoms with Crippen LogP contribution in [0.5, 0.6) is 0 Å². The van der Waals surface area contributed by atoms with Gasteiger partial charge in [-0.05, 0) is 29.7 Å². The average molecular weight is 344 g/mol. The number of rotatable bonds is 5. The summed E-state index contributed by atoms with van der Waals surface area (Å²) in [6.07, 6.45) is 0.934. The summed E-state index contributed by atoms with van der Waals surface area (Å²) in [4.78, 5) is 0. The van der Waals surface area contributed by atoms with Crippen LogP contribution in [0, 0.1) is 11.7 Å². The molecule has 6 heteroatoms. The van der Waals surface area contributed by atoms with E-state index in [0.717, 1.165) is 26.6 Å². The van der Waals surface area contributed by atoms with E-state index >= 15 is 0 Å². The average Bonchev–Trinajstić information content (AvgIpc) is 2.77. The van der Waals surface area contributed by atoms with E-state index in [-0.39, 0.29) is 5.82 Å². The summed E-state index contributed by atoms with van der Waals surface area (Å²) in [5.74, 6) is 0.330. The molecule has 0 saturated heterocycles. The summed E-state index contributed by atoms with van der Waals surface area (Å²) >= 11 is 4.95. The monoisotopic (exact) mass is 343 g/mol. The standard InChI is InChI=1S/C13H15BrFN3S/c1-8(2)5-12-17-18-13(19-12)16-7-9-6-10(15)3-4-11(9)14/h3-4,6,8H,5,7H2,1-2H3,(H,16,18). The molecule has 0 unspecified atom stereocenters. The van der Waals surface area contributed by atoms with Crippen molar-refractivity contribution in [1.29, 1.82) is 0 Å². The Labute approximate surface area is 124 Å². The lowest BCUT2D eigenvalue weighted by atomic mass is 10.1. The molecule has 0 amide bonds. The molecular formula is C13H15BrFN3S. The molecule has 3 nitrogen and oxygen atoms in total. The third-order valence-electron chi connectivity index (χ3n) is 2.49. The zero-order chi connectivity index (χ0) is 13.8. The Bertz CT molecular complexity index is 557. The summed E-state index contributed by atoms with van der Waals surface area (Å²) in [6.45, 7) is 4.82. The second-order valence-corrected chi connectivity index (χ2v) is 6.60. The molecule has 1 N–H and O–H groups in total. The zero-order valence-corrected chi connectivity index (χ0v) is 13.2. The smallest absolute Gasteiger partial charge is 0.205 e. The Morgan fingerprint density at radius 2 is 2.16 bits per heavy atom. The maximum atomic E-state index is 13.1. The normalized spacial score (nSPS) is 11.0. The van der Waals surface area contributed by atoms with Gasteiger partial charge < -0.3 is 5.32 Å². The molecule has 102 valence electrons. The number of hydrogen-bond donors (Lipinski definition) is 1. The second kappa shape index (κ2) is 6.43. The van der Waals surface area contributed by atoms with Gasteiger partial charge in [-0.1, -0.05) is 41.1 Å². The lowest BCUT2D eigenvalue weighted by molar-refractivity contribution is 0.625. The highest BCUT2D eigenvalue weighted by Gasteiger charge is 2.07. The van der Waals surface area contributed by atoms with E-state index in [1.807, 2.05) is 0 Å². The van der Waals surface area contributed by atoms with Gasteiger partial charge in [0.1, 0.15) is 10.8 Å². The molecule has 0 bridgehead atoms. The first-order valence-electron chi connectivity index (χ1n) is 6.05. The first kappa shape index (κ1) is 14.4. The molecular weight excluding hydrogens is 329 g/mol. The molecule has 2 aromatic rings. The number of hydrogen-bond acceptors (Lipinski definition) is 4. The maximum absolute atomic E-state index is 13.1. The van der Waals surface area contributed by atoms with E-state index in [4.69, 9.17) is 0 Å². The number of aromatic nitrogens is 2. The Morgan fingerprint density at radius 3 is 2.89 bits per heavy atom. The molecule has 1 heterocycles. The largest absolute Gasteiger partial charge is 0.356 e. The summed E-state index contributed by atoms with van der Waals surface area (Å²) in [7, 11) is 0. The van der Waals surface area contributed by atoms with E-state index in [9.17, 15) is 4.39 Å². The highest BCUT2D eigenvalue weighted by atomic mass is 79.9. The predicted octanol–water partition coefficient (Wildman–Crippen LogP) is 4.25. The molecule has 0 aliphatic heterocycles. The minimum atomic E-state index is -0.238. The quantitative estimate of drug-likeness (QED) is 0.881. The van der Waals surface area contributed by atoms with Crippen LogP contribution in [0.2, 0.25) is 0 Å². The van der Waals surface area contributed by atoms with Gasteiger partial charge >= 0.3 is 0 Å². The van der Waals surface area contributed by atoms with E-state index in [1.54, 1.807) is 17.4 Å².